The maximum absolute atomic E-state index is 5.27. The van der Waals surface area contributed by atoms with Crippen LogP contribution in [0.25, 0.3) is 33.3 Å². The van der Waals surface area contributed by atoms with E-state index in [1.807, 2.05) is 12.1 Å². The first-order chi connectivity index (χ1) is 30.8. The van der Waals surface area contributed by atoms with Gasteiger partial charge in [-0.2, -0.15) is 0 Å². The fourth-order valence-corrected chi connectivity index (χ4v) is 10.5. The average molecular weight is 795 g/mol. The second kappa shape index (κ2) is 14.7. The molecule has 8 aromatic carbocycles. The molecule has 2 heterocycles. The Morgan fingerprint density at radius 2 is 1.05 bits per heavy atom. The molecule has 9 aromatic rings. The normalized spacial score (nSPS) is 15.3. The van der Waals surface area contributed by atoms with E-state index in [1.54, 1.807) is 0 Å². The Labute approximate surface area is 361 Å². The van der Waals surface area contributed by atoms with Crippen LogP contribution in [0.15, 0.2) is 234 Å². The molecule has 4 nitrogen and oxygen atoms in total. The highest BCUT2D eigenvalue weighted by Gasteiger charge is 2.49. The molecule has 0 radical (unpaired) electrons. The number of nitrogens with one attached hydrogen (secondary N) is 1. The lowest BCUT2D eigenvalue weighted by Gasteiger charge is -2.37. The van der Waals surface area contributed by atoms with Gasteiger partial charge in [0.1, 0.15) is 11.7 Å². The van der Waals surface area contributed by atoms with Crippen LogP contribution in [0.1, 0.15) is 62.8 Å². The van der Waals surface area contributed by atoms with Gasteiger partial charge in [-0.3, -0.25) is 0 Å². The van der Waals surface area contributed by atoms with Gasteiger partial charge in [-0.15, -0.1) is 0 Å². The van der Waals surface area contributed by atoms with E-state index in [2.05, 4.69) is 216 Å². The molecule has 12 rings (SSSR count). The summed E-state index contributed by atoms with van der Waals surface area (Å²) in [6.07, 6.45) is 1.38. The number of aliphatic imine (C=N–C) groups is 2. The second-order valence-corrected chi connectivity index (χ2v) is 16.4. The van der Waals surface area contributed by atoms with Crippen molar-refractivity contribution in [3.63, 3.8) is 0 Å². The van der Waals surface area contributed by atoms with Crippen LogP contribution in [0.5, 0.6) is 0 Å². The van der Waals surface area contributed by atoms with Gasteiger partial charge in [-0.1, -0.05) is 200 Å². The van der Waals surface area contributed by atoms with Crippen molar-refractivity contribution in [2.45, 2.75) is 24.4 Å². The third-order valence-corrected chi connectivity index (χ3v) is 13.1. The van der Waals surface area contributed by atoms with Crippen LogP contribution in [0.4, 0.5) is 0 Å². The Morgan fingerprint density at radius 1 is 0.484 bits per heavy atom. The third kappa shape index (κ3) is 5.68. The molecule has 0 amide bonds. The fourth-order valence-electron chi connectivity index (χ4n) is 10.5. The highest BCUT2D eigenvalue weighted by molar-refractivity contribution is 6.16. The Morgan fingerprint density at radius 3 is 1.68 bits per heavy atom. The molecular formula is C58H42N4. The molecule has 0 bridgehead atoms. The SMILES string of the molecule is c1ccc(C2=NC(c3cccc(-n4c5c(c6ccc(-c7ccccc7)cc64)C4=C(CC5)C(c5ccccc5)(c5ccccc5)c5ccccc54)c3)N=C(c3ccccc3)N2)cc1. The smallest absolute Gasteiger partial charge is 0.169 e. The Bertz CT molecular complexity index is 3140. The van der Waals surface area contributed by atoms with Gasteiger partial charge in [0, 0.05) is 39.0 Å². The molecule has 0 saturated heterocycles. The highest BCUT2D eigenvalue weighted by Crippen LogP contribution is 2.60. The van der Waals surface area contributed by atoms with Gasteiger partial charge >= 0.3 is 0 Å². The van der Waals surface area contributed by atoms with Crippen LogP contribution < -0.4 is 5.32 Å². The van der Waals surface area contributed by atoms with Crippen molar-refractivity contribution in [2.24, 2.45) is 9.98 Å². The van der Waals surface area contributed by atoms with Crippen LogP contribution in [0, 0.1) is 0 Å². The molecular weight excluding hydrogens is 753 g/mol. The zero-order valence-electron chi connectivity index (χ0n) is 34.1. The number of amidine groups is 2. The quantitative estimate of drug-likeness (QED) is 0.172. The van der Waals surface area contributed by atoms with Crippen LogP contribution in [-0.2, 0) is 11.8 Å². The topological polar surface area (TPSA) is 41.7 Å². The van der Waals surface area contributed by atoms with Gasteiger partial charge in [0.25, 0.3) is 0 Å². The second-order valence-electron chi connectivity index (χ2n) is 16.4. The van der Waals surface area contributed by atoms with E-state index in [-0.39, 0.29) is 0 Å². The minimum absolute atomic E-state index is 0.414. The molecule has 0 saturated carbocycles. The van der Waals surface area contributed by atoms with Gasteiger partial charge in [0.15, 0.2) is 6.17 Å². The zero-order chi connectivity index (χ0) is 41.0. The maximum Gasteiger partial charge on any atom is 0.169 e. The molecule has 4 heteroatoms. The van der Waals surface area contributed by atoms with E-state index in [9.17, 15) is 0 Å². The standard InChI is InChI=1S/C58H42N4/c1-6-19-39(20-7-1)42-33-34-48-52(38-42)62(46-30-18-25-43(37-46)57-60-55(40-21-8-2-9-22-40)59-56(61-57)41-23-10-3-11-24-41)51-36-35-50-53(54(48)51)47-31-16-17-32-49(47)58(50,44-26-12-4-13-27-44)45-28-14-5-15-29-45/h1-34,37-38,57H,35-36H2,(H,59,60,61). The van der Waals surface area contributed by atoms with Gasteiger partial charge in [0.05, 0.1) is 10.9 Å². The van der Waals surface area contributed by atoms with E-state index in [0.29, 0.717) is 0 Å². The van der Waals surface area contributed by atoms with Crippen molar-refractivity contribution in [3.8, 4) is 16.8 Å². The molecule has 3 aliphatic rings. The first-order valence-corrected chi connectivity index (χ1v) is 21.6. The van der Waals surface area contributed by atoms with Gasteiger partial charge < -0.3 is 9.88 Å². The van der Waals surface area contributed by atoms with Crippen molar-refractivity contribution >= 4 is 28.1 Å². The van der Waals surface area contributed by atoms with Crippen molar-refractivity contribution in [1.82, 2.24) is 9.88 Å². The van der Waals surface area contributed by atoms with Crippen LogP contribution in [0.3, 0.4) is 0 Å². The molecule has 62 heavy (non-hydrogen) atoms. The lowest BCUT2D eigenvalue weighted by molar-refractivity contribution is 0.682. The summed E-state index contributed by atoms with van der Waals surface area (Å²) in [5, 5.41) is 4.83. The minimum atomic E-state index is -0.437. The maximum atomic E-state index is 5.27. The summed E-state index contributed by atoms with van der Waals surface area (Å²) >= 11 is 0. The van der Waals surface area contributed by atoms with Crippen molar-refractivity contribution < 1.29 is 0 Å². The number of rotatable bonds is 7. The van der Waals surface area contributed by atoms with Gasteiger partial charge in [-0.05, 0) is 75.6 Å². The molecule has 0 fully saturated rings. The molecule has 1 N–H and O–H groups in total. The molecule has 294 valence electrons. The van der Waals surface area contributed by atoms with Crippen LogP contribution in [0.2, 0.25) is 0 Å². The van der Waals surface area contributed by atoms with E-state index in [4.69, 9.17) is 9.98 Å². The lowest BCUT2D eigenvalue weighted by atomic mass is 9.65. The number of benzene rings is 8. The zero-order valence-corrected chi connectivity index (χ0v) is 34.1. The summed E-state index contributed by atoms with van der Waals surface area (Å²) in [6.45, 7) is 0. The Balaban J connectivity index is 1.10. The van der Waals surface area contributed by atoms with Crippen LogP contribution >= 0.6 is 0 Å². The van der Waals surface area contributed by atoms with Crippen LogP contribution in [-0.4, -0.2) is 16.2 Å². The van der Waals surface area contributed by atoms with E-state index in [0.717, 1.165) is 46.9 Å². The molecule has 2 aliphatic carbocycles. The summed E-state index contributed by atoms with van der Waals surface area (Å²) in [7, 11) is 0. The number of allylic oxidation sites excluding steroid dienone is 1. The summed E-state index contributed by atoms with van der Waals surface area (Å²) in [6, 6.07) is 79.0. The van der Waals surface area contributed by atoms with E-state index < -0.39 is 11.6 Å². The Hall–Kier alpha value is -7.82. The predicted molar refractivity (Wildman–Crippen MR) is 254 cm³/mol. The largest absolute Gasteiger partial charge is 0.324 e. The summed E-state index contributed by atoms with van der Waals surface area (Å²) in [4.78, 5) is 10.5. The molecule has 0 unspecified atom stereocenters. The lowest BCUT2D eigenvalue weighted by Crippen LogP contribution is -2.36. The number of fused-ring (bicyclic) bond motifs is 6. The fraction of sp³-hybridized carbons (Fsp3) is 0.0690. The number of hydrogen-bond donors (Lipinski definition) is 1. The molecule has 1 aliphatic heterocycles. The van der Waals surface area contributed by atoms with E-state index >= 15 is 0 Å². The monoisotopic (exact) mass is 794 g/mol. The first kappa shape index (κ1) is 36.1. The minimum Gasteiger partial charge on any atom is -0.324 e. The van der Waals surface area contributed by atoms with Crippen molar-refractivity contribution in [2.75, 3.05) is 0 Å². The average Bonchev–Trinajstić information content (AvgIpc) is 3.85. The number of aromatic nitrogens is 1. The summed E-state index contributed by atoms with van der Waals surface area (Å²) in [5.74, 6) is 1.62. The van der Waals surface area contributed by atoms with E-state index in [1.165, 1.54) is 66.7 Å². The molecule has 0 spiro atoms. The molecule has 1 aromatic heterocycles. The predicted octanol–water partition coefficient (Wildman–Crippen LogP) is 12.9. The van der Waals surface area contributed by atoms with Gasteiger partial charge in [0.2, 0.25) is 0 Å². The number of hydrogen-bond acceptors (Lipinski definition) is 3. The third-order valence-electron chi connectivity index (χ3n) is 13.1. The molecule has 0 atom stereocenters. The van der Waals surface area contributed by atoms with Crippen molar-refractivity contribution in [1.29, 1.82) is 0 Å². The summed E-state index contributed by atoms with van der Waals surface area (Å²) < 4.78 is 2.54. The Kier molecular flexibility index (Phi) is 8.56. The first-order valence-electron chi connectivity index (χ1n) is 21.6. The van der Waals surface area contributed by atoms with Crippen molar-refractivity contribution in [3.05, 3.63) is 274 Å². The highest BCUT2D eigenvalue weighted by atomic mass is 15.2. The van der Waals surface area contributed by atoms with Gasteiger partial charge in [-0.25, -0.2) is 9.98 Å². The summed E-state index contributed by atoms with van der Waals surface area (Å²) in [5.41, 5.74) is 18.2. The number of nitrogens with zero attached hydrogens (tertiary/aromatic N) is 3.